The number of alkyl halides is 4. The van der Waals surface area contributed by atoms with Gasteiger partial charge < -0.3 is 14.8 Å². The van der Waals surface area contributed by atoms with Gasteiger partial charge in [-0.15, -0.1) is 0 Å². The molecule has 0 saturated carbocycles. The van der Waals surface area contributed by atoms with Gasteiger partial charge in [0.25, 0.3) is 0 Å². The van der Waals surface area contributed by atoms with Gasteiger partial charge in [0.2, 0.25) is 5.96 Å². The Kier molecular flexibility index (Phi) is 8.87. The van der Waals surface area contributed by atoms with Gasteiger partial charge in [0.1, 0.15) is 11.5 Å². The molecule has 0 aromatic heterocycles. The monoisotopic (exact) mass is 462 g/mol. The molecule has 1 aliphatic rings. The minimum atomic E-state index is -2.91. The Balaban J connectivity index is 1.80. The van der Waals surface area contributed by atoms with Crippen molar-refractivity contribution in [2.75, 3.05) is 13.1 Å². The molecule has 6 nitrogen and oxygen atoms in total. The summed E-state index contributed by atoms with van der Waals surface area (Å²) in [5, 5.41) is 7.40. The van der Waals surface area contributed by atoms with Crippen LogP contribution in [0.15, 0.2) is 70.8 Å². The van der Waals surface area contributed by atoms with Crippen molar-refractivity contribution in [3.8, 4) is 11.5 Å². The maximum atomic E-state index is 12.5. The van der Waals surface area contributed by atoms with Crippen LogP contribution in [-0.4, -0.2) is 38.0 Å². The van der Waals surface area contributed by atoms with Crippen LogP contribution in [-0.2, 0) is 0 Å². The molecule has 0 aliphatic carbocycles. The normalized spacial score (nSPS) is 13.8. The molecule has 0 unspecified atom stereocenters. The number of guanidine groups is 1. The highest BCUT2D eigenvalue weighted by Gasteiger charge is 2.05. The summed E-state index contributed by atoms with van der Waals surface area (Å²) in [5.41, 5.74) is 4.55. The highest BCUT2D eigenvalue weighted by Crippen LogP contribution is 2.18. The van der Waals surface area contributed by atoms with Crippen LogP contribution >= 0.6 is 0 Å². The molecule has 2 aromatic carbocycles. The Hall–Kier alpha value is -3.82. The van der Waals surface area contributed by atoms with Crippen molar-refractivity contribution < 1.29 is 27.0 Å². The van der Waals surface area contributed by atoms with Crippen molar-refractivity contribution in [1.29, 1.82) is 0 Å². The van der Waals surface area contributed by atoms with Gasteiger partial charge in [-0.25, -0.2) is 5.43 Å². The van der Waals surface area contributed by atoms with Crippen LogP contribution in [0.2, 0.25) is 0 Å². The van der Waals surface area contributed by atoms with Crippen molar-refractivity contribution >= 4 is 23.8 Å². The van der Waals surface area contributed by atoms with Crippen LogP contribution in [0.1, 0.15) is 17.5 Å². The van der Waals surface area contributed by atoms with Gasteiger partial charge in [0.05, 0.1) is 5.71 Å². The summed E-state index contributed by atoms with van der Waals surface area (Å²) < 4.78 is 58.7. The molecule has 0 spiro atoms. The molecule has 0 bridgehead atoms. The lowest BCUT2D eigenvalue weighted by atomic mass is 10.1. The maximum Gasteiger partial charge on any atom is 0.387 e. The zero-order valence-corrected chi connectivity index (χ0v) is 17.4. The van der Waals surface area contributed by atoms with Gasteiger partial charge in [-0.2, -0.15) is 22.7 Å². The van der Waals surface area contributed by atoms with E-state index < -0.39 is 13.2 Å². The minimum Gasteiger partial charge on any atom is -0.435 e. The predicted molar refractivity (Wildman–Crippen MR) is 120 cm³/mol. The molecule has 0 fully saturated rings. The van der Waals surface area contributed by atoms with Gasteiger partial charge in [-0.1, -0.05) is 36.4 Å². The molecule has 0 saturated heterocycles. The first-order chi connectivity index (χ1) is 16.0. The number of rotatable bonds is 9. The van der Waals surface area contributed by atoms with Gasteiger partial charge in [0, 0.05) is 13.1 Å². The second-order valence-electron chi connectivity index (χ2n) is 6.73. The third-order valence-electron chi connectivity index (χ3n) is 4.25. The Morgan fingerprint density at radius 3 is 2.00 bits per heavy atom. The molecule has 0 radical (unpaired) electrons. The van der Waals surface area contributed by atoms with Crippen molar-refractivity contribution in [2.24, 2.45) is 10.1 Å². The van der Waals surface area contributed by atoms with Crippen LogP contribution in [0, 0.1) is 0 Å². The molecular weight excluding hydrogens is 440 g/mol. The summed E-state index contributed by atoms with van der Waals surface area (Å²) in [4.78, 5) is 4.28. The molecule has 10 heteroatoms. The Morgan fingerprint density at radius 2 is 1.52 bits per heavy atom. The maximum absolute atomic E-state index is 12.5. The van der Waals surface area contributed by atoms with E-state index in [0.29, 0.717) is 29.3 Å². The van der Waals surface area contributed by atoms with E-state index >= 15 is 0 Å². The van der Waals surface area contributed by atoms with Gasteiger partial charge in [-0.05, 0) is 54.0 Å². The first kappa shape index (κ1) is 23.8. The van der Waals surface area contributed by atoms with Crippen LogP contribution in [0.5, 0.6) is 11.5 Å². The average Bonchev–Trinajstić information content (AvgIpc) is 2.79. The number of hydrogen-bond donors (Lipinski definition) is 2. The standard InChI is InChI=1S/C23H22F4N4O2/c24-21(25)32-19-6-1-4-16(14-19)8-10-18(30-31-23-28-12-3-13-29-23)11-9-17-5-2-7-20(15-17)33-22(26)27/h1-2,4-11,14-15,21-22H,3,12-13H2,(H2,28,29,31). The Morgan fingerprint density at radius 1 is 0.939 bits per heavy atom. The Labute approximate surface area is 188 Å². The zero-order chi connectivity index (χ0) is 23.5. The van der Waals surface area contributed by atoms with Crippen molar-refractivity contribution in [2.45, 2.75) is 19.6 Å². The highest BCUT2D eigenvalue weighted by molar-refractivity contribution is 6.09. The summed E-state index contributed by atoms with van der Waals surface area (Å²) in [5.74, 6) is 0.604. The number of nitrogens with one attached hydrogen (secondary N) is 2. The van der Waals surface area contributed by atoms with E-state index in [4.69, 9.17) is 0 Å². The molecule has 2 N–H and O–H groups in total. The van der Waals surface area contributed by atoms with Crippen LogP contribution < -0.4 is 20.2 Å². The minimum absolute atomic E-state index is 0.0379. The second kappa shape index (κ2) is 12.3. The van der Waals surface area contributed by atoms with Gasteiger partial charge >= 0.3 is 13.2 Å². The molecule has 0 amide bonds. The van der Waals surface area contributed by atoms with Crippen molar-refractivity contribution in [3.63, 3.8) is 0 Å². The molecule has 33 heavy (non-hydrogen) atoms. The molecule has 1 aliphatic heterocycles. The largest absolute Gasteiger partial charge is 0.435 e. The summed E-state index contributed by atoms with van der Waals surface area (Å²) in [7, 11) is 0. The van der Waals surface area contributed by atoms with Gasteiger partial charge in [-0.3, -0.25) is 4.99 Å². The summed E-state index contributed by atoms with van der Waals surface area (Å²) in [6.45, 7) is -4.38. The topological polar surface area (TPSA) is 67.2 Å². The van der Waals surface area contributed by atoms with E-state index in [2.05, 4.69) is 30.3 Å². The number of hydrogen-bond acceptors (Lipinski definition) is 6. The lowest BCUT2D eigenvalue weighted by molar-refractivity contribution is -0.0505. The third-order valence-corrected chi connectivity index (χ3v) is 4.25. The predicted octanol–water partition coefficient (Wildman–Crippen LogP) is 4.91. The molecule has 3 rings (SSSR count). The third kappa shape index (κ3) is 8.68. The molecule has 0 atom stereocenters. The van der Waals surface area contributed by atoms with E-state index in [-0.39, 0.29) is 11.5 Å². The molecule has 2 aromatic rings. The first-order valence-electron chi connectivity index (χ1n) is 10.1. The number of allylic oxidation sites excluding steroid dienone is 2. The van der Waals surface area contributed by atoms with Crippen molar-refractivity contribution in [3.05, 3.63) is 71.8 Å². The fourth-order valence-electron chi connectivity index (χ4n) is 2.81. The van der Waals surface area contributed by atoms with E-state index in [0.717, 1.165) is 13.0 Å². The van der Waals surface area contributed by atoms with E-state index in [1.165, 1.54) is 24.3 Å². The number of benzene rings is 2. The summed E-state index contributed by atoms with van der Waals surface area (Å²) in [6.07, 6.45) is 7.60. The molecule has 174 valence electrons. The number of nitrogens with zero attached hydrogens (tertiary/aromatic N) is 2. The lowest BCUT2D eigenvalue weighted by Crippen LogP contribution is -2.38. The van der Waals surface area contributed by atoms with Crippen molar-refractivity contribution in [1.82, 2.24) is 10.7 Å². The summed E-state index contributed by atoms with van der Waals surface area (Å²) in [6, 6.07) is 12.4. The second-order valence-corrected chi connectivity index (χ2v) is 6.73. The number of hydrazone groups is 1. The smallest absolute Gasteiger partial charge is 0.387 e. The quantitative estimate of drug-likeness (QED) is 0.316. The number of ether oxygens (including phenoxy) is 2. The van der Waals surface area contributed by atoms with E-state index in [9.17, 15) is 17.6 Å². The fraction of sp³-hybridized carbons (Fsp3) is 0.217. The number of halogens is 4. The molecular formula is C23H22F4N4O2. The lowest BCUT2D eigenvalue weighted by Gasteiger charge is -2.13. The van der Waals surface area contributed by atoms with Crippen LogP contribution in [0.4, 0.5) is 17.6 Å². The van der Waals surface area contributed by atoms with E-state index in [1.807, 2.05) is 0 Å². The number of aliphatic imine (C=N–C) groups is 1. The SMILES string of the molecule is FC(F)Oc1cccc(C=CC(C=Cc2cccc(OC(F)F)c2)=NNC2=NCCCN2)c1. The van der Waals surface area contributed by atoms with Gasteiger partial charge in [0.15, 0.2) is 0 Å². The molecule has 1 heterocycles. The zero-order valence-electron chi connectivity index (χ0n) is 17.4. The van der Waals surface area contributed by atoms with Crippen LogP contribution in [0.3, 0.4) is 0 Å². The van der Waals surface area contributed by atoms with Crippen LogP contribution in [0.25, 0.3) is 12.2 Å². The summed E-state index contributed by atoms with van der Waals surface area (Å²) >= 11 is 0. The first-order valence-corrected chi connectivity index (χ1v) is 10.1. The fourth-order valence-corrected chi connectivity index (χ4v) is 2.81. The average molecular weight is 462 g/mol. The van der Waals surface area contributed by atoms with E-state index in [1.54, 1.807) is 48.6 Å². The Bertz CT molecular complexity index is 973. The highest BCUT2D eigenvalue weighted by atomic mass is 19.3.